The number of aromatic nitrogens is 2. The van der Waals surface area contributed by atoms with Crippen molar-refractivity contribution >= 4 is 11.8 Å². The van der Waals surface area contributed by atoms with Gasteiger partial charge >= 0.3 is 5.97 Å². The van der Waals surface area contributed by atoms with Crippen LogP contribution in [0.3, 0.4) is 0 Å². The Bertz CT molecular complexity index is 2060. The summed E-state index contributed by atoms with van der Waals surface area (Å²) in [5, 5.41) is 67.5. The number of hydrogen-bond acceptors (Lipinski definition) is 8. The minimum absolute atomic E-state index is 0.0599. The first-order valence-corrected chi connectivity index (χ1v) is 22.9. The Morgan fingerprint density at radius 1 is 0.852 bits per heavy atom. The van der Waals surface area contributed by atoms with Crippen LogP contribution in [0.1, 0.15) is 120 Å². The van der Waals surface area contributed by atoms with Crippen LogP contribution in [-0.4, -0.2) is 64.4 Å². The van der Waals surface area contributed by atoms with E-state index in [1.54, 1.807) is 18.3 Å². The monoisotopic (exact) mass is 833 g/mol. The molecule has 0 saturated heterocycles. The molecule has 9 N–H and O–H groups in total. The van der Waals surface area contributed by atoms with Crippen molar-refractivity contribution in [2.45, 2.75) is 133 Å². The number of phenols is 2. The number of nitrogens with two attached hydrogens (primary N) is 1. The topological polar surface area (TPSA) is 193 Å². The summed E-state index contributed by atoms with van der Waals surface area (Å²) in [7, 11) is 0. The molecule has 2 heterocycles. The van der Waals surface area contributed by atoms with Crippen LogP contribution in [0.25, 0.3) is 22.4 Å². The average molecular weight is 834 g/mol. The van der Waals surface area contributed by atoms with Gasteiger partial charge in [-0.3, -0.25) is 4.79 Å². The van der Waals surface area contributed by atoms with E-state index >= 15 is 0 Å². The number of aromatic amines is 1. The maximum atomic E-state index is 13.1. The summed E-state index contributed by atoms with van der Waals surface area (Å²) in [6, 6.07) is 20.5. The van der Waals surface area contributed by atoms with Gasteiger partial charge in [-0.2, -0.15) is 0 Å². The number of benzene rings is 2. The molecule has 0 unspecified atom stereocenters. The van der Waals surface area contributed by atoms with Crippen LogP contribution in [-0.2, 0) is 11.2 Å². The number of nitrogens with zero attached hydrogens (tertiary/aromatic N) is 1. The Morgan fingerprint density at radius 2 is 1.61 bits per heavy atom. The molecule has 2 fully saturated rings. The second-order valence-corrected chi connectivity index (χ2v) is 18.7. The Kier molecular flexibility index (Phi) is 14.6. The fourth-order valence-corrected chi connectivity index (χ4v) is 11.4. The van der Waals surface area contributed by atoms with Gasteiger partial charge in [0.05, 0.1) is 29.4 Å². The third-order valence-electron chi connectivity index (χ3n) is 14.4. The van der Waals surface area contributed by atoms with E-state index in [0.717, 1.165) is 66.6 Å². The number of carbonyl (C=O) groups is 1. The van der Waals surface area contributed by atoms with E-state index in [4.69, 9.17) is 5.73 Å². The highest BCUT2D eigenvalue weighted by Crippen LogP contribution is 2.54. The van der Waals surface area contributed by atoms with Gasteiger partial charge in [0, 0.05) is 40.9 Å². The molecule has 0 spiro atoms. The van der Waals surface area contributed by atoms with E-state index in [2.05, 4.69) is 35.1 Å². The largest absolute Gasteiger partial charge is 0.508 e. The van der Waals surface area contributed by atoms with E-state index in [1.807, 2.05) is 42.5 Å². The van der Waals surface area contributed by atoms with Crippen LogP contribution in [0.5, 0.6) is 11.5 Å². The Hall–Kier alpha value is -4.64. The number of nitrogen functional groups attached to an aromatic ring is 1. The number of aromatic hydroxyl groups is 2. The number of aliphatic hydroxyl groups excluding tert-OH is 2. The summed E-state index contributed by atoms with van der Waals surface area (Å²) in [6.07, 6.45) is 16.9. The molecular weight excluding hydrogens is 767 g/mol. The molecule has 0 radical (unpaired) electrons. The smallest absolute Gasteiger partial charge is 0.309 e. The molecule has 7 rings (SSSR count). The molecule has 2 aromatic carbocycles. The summed E-state index contributed by atoms with van der Waals surface area (Å²) in [5.74, 6) is -1.70. The van der Waals surface area contributed by atoms with E-state index in [0.29, 0.717) is 49.4 Å². The first-order chi connectivity index (χ1) is 29.4. The average Bonchev–Trinajstić information content (AvgIpc) is 3.81. The normalized spacial score (nSPS) is 29.3. The molecule has 61 heavy (non-hydrogen) atoms. The Morgan fingerprint density at radius 3 is 2.33 bits per heavy atom. The van der Waals surface area contributed by atoms with Gasteiger partial charge in [0.2, 0.25) is 0 Å². The van der Waals surface area contributed by atoms with Gasteiger partial charge in [0.15, 0.2) is 0 Å². The fourth-order valence-electron chi connectivity index (χ4n) is 11.4. The standard InChI is InChI=1S/C51H67N3O7/c1-2-3-5-10-32-15-16-36(46(58)25-32)13-8-9-14-37-17-18-41(44-30-42(35-11-6-4-7-12-35)49(54-44)38-27-39(55)29-40(56)28-38)43-24-34(23-33-20-22-53-47(52)26-33)31-51(43,61)21-19-45(57)48(37)50(59)60/h4,6-7,11-12,15-16,20,22,26-30,32,34,36-37,41,43,45-46,48,54-58,61H,2-3,5,8-10,13-14,17-19,21,23-25,31H2,1H3,(H2,52,53)(H,59,60)/t32-,34+,36-,37+,41-,43+,45+,46-,48+,51+/m1/s1. The fraction of sp³-hybridized carbons (Fsp3) is 0.529. The van der Waals surface area contributed by atoms with Crippen LogP contribution in [0, 0.1) is 35.5 Å². The SMILES string of the molecule is CCCCC[C@@H]1C=C[C@@H](CCCC[C@H]2CC[C@@H](c3cc(-c4ccccc4)c(-c4cc(O)cc(O)c4)[nH]3)[C@@H]3C[C@H](Cc4ccnc(N)c4)C[C@@]3(O)CC[C@H](O)[C@H]2C(=O)O)[C@H](O)C1. The van der Waals surface area contributed by atoms with Crippen LogP contribution in [0.2, 0.25) is 0 Å². The number of unbranched alkanes of at least 4 members (excludes halogenated alkanes) is 3. The number of pyridine rings is 1. The van der Waals surface area contributed by atoms with Gasteiger partial charge in [0.25, 0.3) is 0 Å². The zero-order chi connectivity index (χ0) is 43.1. The number of hydrogen-bond donors (Lipinski definition) is 8. The molecule has 0 aliphatic heterocycles. The third-order valence-corrected chi connectivity index (χ3v) is 14.4. The second kappa shape index (κ2) is 20.0. The van der Waals surface area contributed by atoms with Crippen molar-refractivity contribution in [3.8, 4) is 33.9 Å². The molecule has 328 valence electrons. The Balaban J connectivity index is 1.19. The number of nitrogens with one attached hydrogen (secondary N) is 1. The number of aliphatic hydroxyl groups is 3. The van der Waals surface area contributed by atoms with Crippen molar-refractivity contribution in [2.75, 3.05) is 5.73 Å². The number of phenolic OH excluding ortho intramolecular Hbond substituents is 2. The van der Waals surface area contributed by atoms with Gasteiger partial charge < -0.3 is 41.4 Å². The summed E-state index contributed by atoms with van der Waals surface area (Å²) >= 11 is 0. The number of carboxylic acids is 1. The molecule has 10 heteroatoms. The van der Waals surface area contributed by atoms with Crippen LogP contribution < -0.4 is 5.73 Å². The lowest BCUT2D eigenvalue weighted by molar-refractivity contribution is -0.150. The number of carboxylic acid groups (broad SMARTS) is 1. The zero-order valence-corrected chi connectivity index (χ0v) is 35.7. The molecule has 3 aliphatic rings. The van der Waals surface area contributed by atoms with Crippen molar-refractivity contribution < 1.29 is 35.4 Å². The highest BCUT2D eigenvalue weighted by molar-refractivity contribution is 5.83. The van der Waals surface area contributed by atoms with E-state index in [-0.39, 0.29) is 60.0 Å². The first kappa shape index (κ1) is 44.4. The maximum Gasteiger partial charge on any atom is 0.309 e. The number of fused-ring (bicyclic) bond motifs is 1. The van der Waals surface area contributed by atoms with Crippen LogP contribution in [0.15, 0.2) is 85.1 Å². The predicted octanol–water partition coefficient (Wildman–Crippen LogP) is 9.77. The zero-order valence-electron chi connectivity index (χ0n) is 35.7. The quantitative estimate of drug-likeness (QED) is 0.0425. The van der Waals surface area contributed by atoms with Crippen molar-refractivity contribution in [1.29, 1.82) is 0 Å². The lowest BCUT2D eigenvalue weighted by Gasteiger charge is -2.39. The number of anilines is 1. The molecular formula is C51H67N3O7. The molecule has 2 aromatic heterocycles. The molecule has 10 atom stereocenters. The Labute approximate surface area is 361 Å². The number of H-pyrrole nitrogens is 1. The summed E-state index contributed by atoms with van der Waals surface area (Å²) in [6.45, 7) is 2.21. The second-order valence-electron chi connectivity index (χ2n) is 18.7. The van der Waals surface area contributed by atoms with Crippen molar-refractivity contribution in [3.05, 3.63) is 96.3 Å². The predicted molar refractivity (Wildman–Crippen MR) is 240 cm³/mol. The third kappa shape index (κ3) is 10.9. The summed E-state index contributed by atoms with van der Waals surface area (Å²) in [4.78, 5) is 21.0. The molecule has 10 nitrogen and oxygen atoms in total. The molecule has 4 aromatic rings. The van der Waals surface area contributed by atoms with Crippen molar-refractivity contribution in [3.63, 3.8) is 0 Å². The van der Waals surface area contributed by atoms with E-state index in [1.165, 1.54) is 25.3 Å². The molecule has 3 aliphatic carbocycles. The first-order valence-electron chi connectivity index (χ1n) is 22.9. The maximum absolute atomic E-state index is 13.1. The van der Waals surface area contributed by atoms with Gasteiger partial charge in [-0.1, -0.05) is 81.5 Å². The summed E-state index contributed by atoms with van der Waals surface area (Å²) < 4.78 is 0. The molecule has 0 bridgehead atoms. The highest BCUT2D eigenvalue weighted by Gasteiger charge is 2.51. The number of aliphatic carboxylic acids is 1. The molecule has 2 saturated carbocycles. The van der Waals surface area contributed by atoms with Gasteiger partial charge in [-0.25, -0.2) is 4.98 Å². The van der Waals surface area contributed by atoms with E-state index < -0.39 is 23.6 Å². The molecule has 0 amide bonds. The van der Waals surface area contributed by atoms with E-state index in [9.17, 15) is 35.4 Å². The number of rotatable bonds is 15. The van der Waals surface area contributed by atoms with Crippen LogP contribution in [0.4, 0.5) is 5.82 Å². The lowest BCUT2D eigenvalue weighted by Crippen LogP contribution is -2.42. The summed E-state index contributed by atoms with van der Waals surface area (Å²) in [5.41, 5.74) is 10.1. The van der Waals surface area contributed by atoms with Crippen molar-refractivity contribution in [2.24, 2.45) is 35.5 Å². The van der Waals surface area contributed by atoms with Gasteiger partial charge in [0.1, 0.15) is 17.3 Å². The minimum atomic E-state index is -1.17. The lowest BCUT2D eigenvalue weighted by atomic mass is 9.69. The minimum Gasteiger partial charge on any atom is -0.508 e. The van der Waals surface area contributed by atoms with Crippen LogP contribution >= 0.6 is 0 Å². The van der Waals surface area contributed by atoms with Gasteiger partial charge in [-0.15, -0.1) is 0 Å². The highest BCUT2D eigenvalue weighted by atomic mass is 16.4. The van der Waals surface area contributed by atoms with Crippen molar-refractivity contribution in [1.82, 2.24) is 9.97 Å². The van der Waals surface area contributed by atoms with Gasteiger partial charge in [-0.05, 0) is 136 Å². The number of allylic oxidation sites excluding steroid dienone is 1.